The molecule has 1 amide bonds. The second-order valence-corrected chi connectivity index (χ2v) is 5.48. The van der Waals surface area contributed by atoms with Crippen molar-refractivity contribution < 1.29 is 4.79 Å². The number of amides is 1. The predicted octanol–water partition coefficient (Wildman–Crippen LogP) is 4.34. The fourth-order valence-electron chi connectivity index (χ4n) is 1.63. The smallest absolute Gasteiger partial charge is 0.244 e. The van der Waals surface area contributed by atoms with E-state index in [1.54, 1.807) is 42.5 Å². The Morgan fingerprint density at radius 2 is 1.67 bits per heavy atom. The van der Waals surface area contributed by atoms with E-state index < -0.39 is 0 Å². The molecule has 2 rings (SSSR count). The second-order valence-electron chi connectivity index (χ2n) is 4.23. The maximum absolute atomic E-state index is 11.7. The number of hydrogen-bond acceptors (Lipinski definition) is 2. The Labute approximate surface area is 137 Å². The normalized spacial score (nSPS) is 10.8. The molecule has 3 nitrogen and oxygen atoms in total. The SMILES string of the molecule is O=C(Cc1ccc(Cl)cc1)N/N=C\c1c(Cl)cccc1Cl. The molecule has 0 saturated carbocycles. The lowest BCUT2D eigenvalue weighted by atomic mass is 10.1. The first-order valence-corrected chi connectivity index (χ1v) is 7.20. The fourth-order valence-corrected chi connectivity index (χ4v) is 2.25. The molecule has 0 fully saturated rings. The van der Waals surface area contributed by atoms with E-state index in [1.807, 2.05) is 0 Å². The highest BCUT2D eigenvalue weighted by molar-refractivity contribution is 6.38. The van der Waals surface area contributed by atoms with Crippen LogP contribution < -0.4 is 5.43 Å². The van der Waals surface area contributed by atoms with Crippen molar-refractivity contribution in [3.63, 3.8) is 0 Å². The van der Waals surface area contributed by atoms with Gasteiger partial charge in [0.25, 0.3) is 0 Å². The van der Waals surface area contributed by atoms with Gasteiger partial charge in [-0.25, -0.2) is 5.43 Å². The van der Waals surface area contributed by atoms with E-state index in [0.717, 1.165) is 5.56 Å². The lowest BCUT2D eigenvalue weighted by Crippen LogP contribution is -2.19. The standard InChI is InChI=1S/C15H11Cl3N2O/c16-11-6-4-10(5-7-11)8-15(21)20-19-9-12-13(17)2-1-3-14(12)18/h1-7,9H,8H2,(H,20,21)/b19-9-. The topological polar surface area (TPSA) is 41.5 Å². The van der Waals surface area contributed by atoms with Crippen LogP contribution in [0.3, 0.4) is 0 Å². The molecular formula is C15H11Cl3N2O. The summed E-state index contributed by atoms with van der Waals surface area (Å²) in [5.41, 5.74) is 3.84. The van der Waals surface area contributed by atoms with Crippen LogP contribution in [0.1, 0.15) is 11.1 Å². The van der Waals surface area contributed by atoms with Crippen LogP contribution in [-0.4, -0.2) is 12.1 Å². The van der Waals surface area contributed by atoms with Gasteiger partial charge in [-0.1, -0.05) is 53.0 Å². The third-order valence-electron chi connectivity index (χ3n) is 2.66. The van der Waals surface area contributed by atoms with Gasteiger partial charge in [0.1, 0.15) is 0 Å². The highest BCUT2D eigenvalue weighted by atomic mass is 35.5. The molecule has 0 aliphatic heterocycles. The first-order valence-electron chi connectivity index (χ1n) is 6.06. The van der Waals surface area contributed by atoms with E-state index in [0.29, 0.717) is 20.6 Å². The first-order chi connectivity index (χ1) is 10.1. The van der Waals surface area contributed by atoms with Crippen molar-refractivity contribution in [2.45, 2.75) is 6.42 Å². The molecule has 0 aliphatic carbocycles. The monoisotopic (exact) mass is 340 g/mol. The lowest BCUT2D eigenvalue weighted by Gasteiger charge is -2.02. The van der Waals surface area contributed by atoms with Crippen molar-refractivity contribution in [1.82, 2.24) is 5.43 Å². The number of carbonyl (C=O) groups excluding carboxylic acids is 1. The van der Waals surface area contributed by atoms with Crippen LogP contribution in [0.25, 0.3) is 0 Å². The zero-order chi connectivity index (χ0) is 15.2. The van der Waals surface area contributed by atoms with Crippen molar-refractivity contribution in [3.8, 4) is 0 Å². The number of nitrogens with one attached hydrogen (secondary N) is 1. The molecule has 6 heteroatoms. The lowest BCUT2D eigenvalue weighted by molar-refractivity contribution is -0.120. The number of hydrazone groups is 1. The van der Waals surface area contributed by atoms with Gasteiger partial charge in [-0.2, -0.15) is 5.10 Å². The molecule has 0 aliphatic rings. The summed E-state index contributed by atoms with van der Waals surface area (Å²) in [6.45, 7) is 0. The van der Waals surface area contributed by atoms with Gasteiger partial charge in [0.05, 0.1) is 22.7 Å². The quantitative estimate of drug-likeness (QED) is 0.652. The molecule has 0 aromatic heterocycles. The average molecular weight is 342 g/mol. The minimum absolute atomic E-state index is 0.213. The molecule has 0 bridgehead atoms. The summed E-state index contributed by atoms with van der Waals surface area (Å²) in [6.07, 6.45) is 1.63. The van der Waals surface area contributed by atoms with E-state index in [1.165, 1.54) is 6.21 Å². The van der Waals surface area contributed by atoms with Crippen LogP contribution in [0, 0.1) is 0 Å². The number of rotatable bonds is 4. The largest absolute Gasteiger partial charge is 0.273 e. The van der Waals surface area contributed by atoms with E-state index >= 15 is 0 Å². The van der Waals surface area contributed by atoms with Gasteiger partial charge in [0.15, 0.2) is 0 Å². The Balaban J connectivity index is 1.95. The minimum Gasteiger partial charge on any atom is -0.273 e. The van der Waals surface area contributed by atoms with E-state index in [-0.39, 0.29) is 12.3 Å². The van der Waals surface area contributed by atoms with Crippen molar-refractivity contribution >= 4 is 46.9 Å². The number of hydrogen-bond donors (Lipinski definition) is 1. The van der Waals surface area contributed by atoms with Gasteiger partial charge in [-0.3, -0.25) is 4.79 Å². The zero-order valence-electron chi connectivity index (χ0n) is 10.8. The van der Waals surface area contributed by atoms with Crippen molar-refractivity contribution in [2.24, 2.45) is 5.10 Å². The molecule has 1 N–H and O–H groups in total. The summed E-state index contributed by atoms with van der Waals surface area (Å²) in [6, 6.07) is 12.2. The van der Waals surface area contributed by atoms with Crippen molar-refractivity contribution in [3.05, 3.63) is 68.7 Å². The highest BCUT2D eigenvalue weighted by Crippen LogP contribution is 2.21. The van der Waals surface area contributed by atoms with Crippen molar-refractivity contribution in [1.29, 1.82) is 0 Å². The fraction of sp³-hybridized carbons (Fsp3) is 0.0667. The highest BCUT2D eigenvalue weighted by Gasteiger charge is 2.04. The van der Waals surface area contributed by atoms with E-state index in [9.17, 15) is 4.79 Å². The predicted molar refractivity (Wildman–Crippen MR) is 87.4 cm³/mol. The van der Waals surface area contributed by atoms with Crippen LogP contribution in [0.5, 0.6) is 0 Å². The summed E-state index contributed by atoms with van der Waals surface area (Å²) >= 11 is 17.8. The van der Waals surface area contributed by atoms with Crippen LogP contribution >= 0.6 is 34.8 Å². The summed E-state index contributed by atoms with van der Waals surface area (Å²) in [5, 5.41) is 5.43. The van der Waals surface area contributed by atoms with Gasteiger partial charge in [0, 0.05) is 10.6 Å². The molecular weight excluding hydrogens is 331 g/mol. The molecule has 2 aromatic rings. The first kappa shape index (κ1) is 15.8. The summed E-state index contributed by atoms with van der Waals surface area (Å²) in [4.78, 5) is 11.7. The molecule has 108 valence electrons. The Morgan fingerprint density at radius 1 is 1.05 bits per heavy atom. The van der Waals surface area contributed by atoms with Gasteiger partial charge >= 0.3 is 0 Å². The molecule has 0 radical (unpaired) electrons. The maximum Gasteiger partial charge on any atom is 0.244 e. The summed E-state index contributed by atoms with van der Waals surface area (Å²) in [7, 11) is 0. The molecule has 0 spiro atoms. The second kappa shape index (κ2) is 7.46. The minimum atomic E-state index is -0.239. The molecule has 0 heterocycles. The van der Waals surface area contributed by atoms with Crippen LogP contribution in [0.15, 0.2) is 47.6 Å². The third-order valence-corrected chi connectivity index (χ3v) is 3.57. The molecule has 2 aromatic carbocycles. The Morgan fingerprint density at radius 3 is 2.29 bits per heavy atom. The number of carbonyl (C=O) groups is 1. The molecule has 0 saturated heterocycles. The molecule has 0 unspecified atom stereocenters. The van der Waals surface area contributed by atoms with Gasteiger partial charge in [0.2, 0.25) is 5.91 Å². The molecule has 0 atom stereocenters. The van der Waals surface area contributed by atoms with Gasteiger partial charge < -0.3 is 0 Å². The number of nitrogens with zero attached hydrogens (tertiary/aromatic N) is 1. The summed E-state index contributed by atoms with van der Waals surface area (Å²) in [5.74, 6) is -0.239. The Bertz CT molecular complexity index is 649. The third kappa shape index (κ3) is 4.74. The number of halogens is 3. The number of benzene rings is 2. The zero-order valence-corrected chi connectivity index (χ0v) is 13.1. The Hall–Kier alpha value is -1.55. The average Bonchev–Trinajstić information content (AvgIpc) is 2.45. The summed E-state index contributed by atoms with van der Waals surface area (Å²) < 4.78 is 0. The van der Waals surface area contributed by atoms with E-state index in [2.05, 4.69) is 10.5 Å². The van der Waals surface area contributed by atoms with Crippen LogP contribution in [-0.2, 0) is 11.2 Å². The molecule has 21 heavy (non-hydrogen) atoms. The Kier molecular flexibility index (Phi) is 5.62. The maximum atomic E-state index is 11.7. The van der Waals surface area contributed by atoms with E-state index in [4.69, 9.17) is 34.8 Å². The van der Waals surface area contributed by atoms with Gasteiger partial charge in [-0.05, 0) is 29.8 Å². The van der Waals surface area contributed by atoms with Gasteiger partial charge in [-0.15, -0.1) is 0 Å². The van der Waals surface area contributed by atoms with Crippen LogP contribution in [0.4, 0.5) is 0 Å². The van der Waals surface area contributed by atoms with Crippen LogP contribution in [0.2, 0.25) is 15.1 Å². The van der Waals surface area contributed by atoms with Crippen molar-refractivity contribution in [2.75, 3.05) is 0 Å².